The SMILES string of the molecule is CCCN(C(=O)CCC(=O)N(CC)CC)C1CCNCC1.Cl. The smallest absolute Gasteiger partial charge is 0.223 e. The van der Waals surface area contributed by atoms with Crippen molar-refractivity contribution < 1.29 is 9.59 Å². The molecule has 1 aliphatic heterocycles. The van der Waals surface area contributed by atoms with Crippen LogP contribution in [0.15, 0.2) is 0 Å². The summed E-state index contributed by atoms with van der Waals surface area (Å²) in [7, 11) is 0. The molecule has 0 atom stereocenters. The number of nitrogens with zero attached hydrogens (tertiary/aromatic N) is 2. The van der Waals surface area contributed by atoms with Gasteiger partial charge in [-0.25, -0.2) is 0 Å². The fourth-order valence-corrected chi connectivity index (χ4v) is 2.96. The second-order valence-electron chi connectivity index (χ2n) is 5.63. The Morgan fingerprint density at radius 3 is 2.05 bits per heavy atom. The molecule has 0 bridgehead atoms. The molecule has 0 aliphatic carbocycles. The van der Waals surface area contributed by atoms with Crippen molar-refractivity contribution in [3.05, 3.63) is 0 Å². The van der Waals surface area contributed by atoms with Gasteiger partial charge in [0.25, 0.3) is 0 Å². The molecule has 0 aromatic heterocycles. The van der Waals surface area contributed by atoms with E-state index in [0.717, 1.165) is 52.0 Å². The summed E-state index contributed by atoms with van der Waals surface area (Å²) in [4.78, 5) is 28.3. The standard InChI is InChI=1S/C16H31N3O2.ClH/c1-4-13-19(14-9-11-17-12-10-14)16(21)8-7-15(20)18(5-2)6-3;/h14,17H,4-13H2,1-3H3;1H. The molecule has 1 aliphatic rings. The number of hydrogen-bond acceptors (Lipinski definition) is 3. The van der Waals surface area contributed by atoms with Gasteiger partial charge in [-0.2, -0.15) is 0 Å². The minimum absolute atomic E-state index is 0. The van der Waals surface area contributed by atoms with Gasteiger partial charge >= 0.3 is 0 Å². The van der Waals surface area contributed by atoms with Crippen molar-refractivity contribution in [2.75, 3.05) is 32.7 Å². The van der Waals surface area contributed by atoms with Crippen LogP contribution >= 0.6 is 12.4 Å². The minimum Gasteiger partial charge on any atom is -0.343 e. The average Bonchev–Trinajstić information content (AvgIpc) is 2.52. The Kier molecular flexibility index (Phi) is 11.3. The second-order valence-corrected chi connectivity index (χ2v) is 5.63. The van der Waals surface area contributed by atoms with E-state index < -0.39 is 0 Å². The summed E-state index contributed by atoms with van der Waals surface area (Å²) >= 11 is 0. The highest BCUT2D eigenvalue weighted by atomic mass is 35.5. The Labute approximate surface area is 141 Å². The fraction of sp³-hybridized carbons (Fsp3) is 0.875. The molecule has 1 rings (SSSR count). The lowest BCUT2D eigenvalue weighted by atomic mass is 10.0. The summed E-state index contributed by atoms with van der Waals surface area (Å²) in [6.45, 7) is 10.3. The molecule has 0 saturated carbocycles. The van der Waals surface area contributed by atoms with Gasteiger partial charge in [-0.05, 0) is 46.2 Å². The number of carbonyl (C=O) groups excluding carboxylic acids is 2. The lowest BCUT2D eigenvalue weighted by molar-refractivity contribution is -0.138. The Morgan fingerprint density at radius 2 is 1.55 bits per heavy atom. The highest BCUT2D eigenvalue weighted by Gasteiger charge is 2.25. The molecule has 1 fully saturated rings. The molecule has 1 saturated heterocycles. The van der Waals surface area contributed by atoms with E-state index in [9.17, 15) is 9.59 Å². The molecule has 6 heteroatoms. The van der Waals surface area contributed by atoms with Gasteiger partial charge in [-0.1, -0.05) is 6.92 Å². The van der Waals surface area contributed by atoms with Crippen LogP contribution in [0.2, 0.25) is 0 Å². The lowest BCUT2D eigenvalue weighted by Crippen LogP contribution is -2.46. The Morgan fingerprint density at radius 1 is 1.00 bits per heavy atom. The predicted octanol–water partition coefficient (Wildman–Crippen LogP) is 2.05. The fourth-order valence-electron chi connectivity index (χ4n) is 2.96. The number of piperidine rings is 1. The van der Waals surface area contributed by atoms with Gasteiger partial charge in [0.1, 0.15) is 0 Å². The first-order valence-electron chi connectivity index (χ1n) is 8.41. The molecule has 0 radical (unpaired) electrons. The maximum absolute atomic E-state index is 12.5. The van der Waals surface area contributed by atoms with Gasteiger partial charge in [-0.15, -0.1) is 12.4 Å². The van der Waals surface area contributed by atoms with Gasteiger partial charge in [0, 0.05) is 38.5 Å². The van der Waals surface area contributed by atoms with Gasteiger partial charge in [-0.3, -0.25) is 9.59 Å². The van der Waals surface area contributed by atoms with E-state index in [1.54, 1.807) is 4.90 Å². The maximum Gasteiger partial charge on any atom is 0.223 e. The van der Waals surface area contributed by atoms with Crippen molar-refractivity contribution in [2.24, 2.45) is 0 Å². The van der Waals surface area contributed by atoms with Gasteiger partial charge < -0.3 is 15.1 Å². The molecule has 0 aromatic carbocycles. The zero-order valence-electron chi connectivity index (χ0n) is 14.3. The molecular weight excluding hydrogens is 302 g/mol. The van der Waals surface area contributed by atoms with Crippen molar-refractivity contribution in [3.63, 3.8) is 0 Å². The van der Waals surface area contributed by atoms with Crippen LogP contribution in [0.1, 0.15) is 52.9 Å². The predicted molar refractivity (Wildman–Crippen MR) is 92.3 cm³/mol. The summed E-state index contributed by atoms with van der Waals surface area (Å²) in [5.74, 6) is 0.236. The van der Waals surface area contributed by atoms with Crippen molar-refractivity contribution in [1.29, 1.82) is 0 Å². The highest BCUT2D eigenvalue weighted by Crippen LogP contribution is 2.15. The quantitative estimate of drug-likeness (QED) is 0.739. The number of hydrogen-bond donors (Lipinski definition) is 1. The van der Waals surface area contributed by atoms with E-state index in [1.165, 1.54) is 0 Å². The molecule has 0 aromatic rings. The molecule has 0 unspecified atom stereocenters. The zero-order chi connectivity index (χ0) is 15.7. The molecule has 130 valence electrons. The van der Waals surface area contributed by atoms with Gasteiger partial charge in [0.05, 0.1) is 0 Å². The van der Waals surface area contributed by atoms with E-state index in [0.29, 0.717) is 18.9 Å². The summed E-state index contributed by atoms with van der Waals surface area (Å²) in [6, 6.07) is 0.349. The van der Waals surface area contributed by atoms with E-state index in [2.05, 4.69) is 12.2 Å². The first-order valence-corrected chi connectivity index (χ1v) is 8.41. The van der Waals surface area contributed by atoms with Crippen molar-refractivity contribution in [2.45, 2.75) is 58.9 Å². The van der Waals surface area contributed by atoms with Crippen molar-refractivity contribution >= 4 is 24.2 Å². The average molecular weight is 334 g/mol. The molecule has 22 heavy (non-hydrogen) atoms. The number of amides is 2. The van der Waals surface area contributed by atoms with E-state index in [4.69, 9.17) is 0 Å². The van der Waals surface area contributed by atoms with Crippen molar-refractivity contribution in [3.8, 4) is 0 Å². The van der Waals surface area contributed by atoms with Crippen LogP contribution in [0.3, 0.4) is 0 Å². The summed E-state index contributed by atoms with van der Waals surface area (Å²) in [5.41, 5.74) is 0. The normalized spacial score (nSPS) is 15.0. The topological polar surface area (TPSA) is 52.7 Å². The third kappa shape index (κ3) is 6.53. The van der Waals surface area contributed by atoms with Gasteiger partial charge in [0.2, 0.25) is 11.8 Å². The number of rotatable bonds is 8. The molecule has 0 spiro atoms. The summed E-state index contributed by atoms with van der Waals surface area (Å²) < 4.78 is 0. The van der Waals surface area contributed by atoms with Crippen LogP contribution in [0.5, 0.6) is 0 Å². The Bertz CT molecular complexity index is 329. The van der Waals surface area contributed by atoms with E-state index in [-0.39, 0.29) is 24.2 Å². The van der Waals surface area contributed by atoms with Gasteiger partial charge in [0.15, 0.2) is 0 Å². The summed E-state index contributed by atoms with van der Waals surface area (Å²) in [6.07, 6.45) is 3.70. The molecule has 1 N–H and O–H groups in total. The Balaban J connectivity index is 0.00000441. The molecule has 1 heterocycles. The van der Waals surface area contributed by atoms with Crippen LogP contribution in [0, 0.1) is 0 Å². The zero-order valence-corrected chi connectivity index (χ0v) is 15.1. The monoisotopic (exact) mass is 333 g/mol. The number of halogens is 1. The third-order valence-electron chi connectivity index (χ3n) is 4.20. The highest BCUT2D eigenvalue weighted by molar-refractivity contribution is 5.85. The third-order valence-corrected chi connectivity index (χ3v) is 4.20. The Hall–Kier alpha value is -0.810. The molecule has 5 nitrogen and oxygen atoms in total. The number of nitrogens with one attached hydrogen (secondary N) is 1. The lowest BCUT2D eigenvalue weighted by Gasteiger charge is -2.34. The van der Waals surface area contributed by atoms with Crippen molar-refractivity contribution in [1.82, 2.24) is 15.1 Å². The molecule has 2 amide bonds. The maximum atomic E-state index is 12.5. The van der Waals surface area contributed by atoms with Crippen LogP contribution in [0.25, 0.3) is 0 Å². The van der Waals surface area contributed by atoms with Crippen LogP contribution in [0.4, 0.5) is 0 Å². The summed E-state index contributed by atoms with van der Waals surface area (Å²) in [5, 5.41) is 3.33. The number of carbonyl (C=O) groups is 2. The van der Waals surface area contributed by atoms with Crippen LogP contribution in [-0.4, -0.2) is 60.4 Å². The first kappa shape index (κ1) is 21.2. The van der Waals surface area contributed by atoms with E-state index >= 15 is 0 Å². The van der Waals surface area contributed by atoms with Crippen LogP contribution < -0.4 is 5.32 Å². The second kappa shape index (κ2) is 11.7. The minimum atomic E-state index is 0. The largest absolute Gasteiger partial charge is 0.343 e. The molecular formula is C16H32ClN3O2. The van der Waals surface area contributed by atoms with E-state index in [1.807, 2.05) is 18.7 Å². The first-order chi connectivity index (χ1) is 10.1. The van der Waals surface area contributed by atoms with Crippen LogP contribution in [-0.2, 0) is 9.59 Å².